The topological polar surface area (TPSA) is 87.9 Å². The van der Waals surface area contributed by atoms with E-state index < -0.39 is 0 Å². The minimum Gasteiger partial charge on any atom is -0.483 e. The summed E-state index contributed by atoms with van der Waals surface area (Å²) in [6.45, 7) is 4.45. The molecule has 4 heterocycles. The average molecular weight is 459 g/mol. The Bertz CT molecular complexity index is 961. The maximum Gasteiger partial charge on any atom is 0.290 e. The van der Waals surface area contributed by atoms with Gasteiger partial charge in [0.25, 0.3) is 6.47 Å². The monoisotopic (exact) mass is 458 g/mol. The molecule has 0 unspecified atom stereocenters. The first-order valence-corrected chi connectivity index (χ1v) is 11.4. The Kier molecular flexibility index (Phi) is 7.39. The second-order valence-corrected chi connectivity index (χ2v) is 9.05. The van der Waals surface area contributed by atoms with Gasteiger partial charge in [0, 0.05) is 64.1 Å². The van der Waals surface area contributed by atoms with Gasteiger partial charge in [-0.2, -0.15) is 0 Å². The molecule has 3 atom stereocenters. The number of likely N-dealkylation sites (tertiary alicyclic amines) is 2. The fourth-order valence-corrected chi connectivity index (χ4v) is 5.54. The fraction of sp³-hybridized carbons (Fsp3) is 0.542. The Balaban J connectivity index is 0.000000821. The number of aromatic nitrogens is 2. The van der Waals surface area contributed by atoms with Crippen molar-refractivity contribution in [2.24, 2.45) is 24.8 Å². The zero-order chi connectivity index (χ0) is 23.4. The minimum atomic E-state index is -0.250. The molecule has 5 rings (SSSR count). The lowest BCUT2D eigenvalue weighted by atomic mass is 9.89. The number of fused-ring (bicyclic) bond motifs is 1. The molecule has 33 heavy (non-hydrogen) atoms. The quantitative estimate of drug-likeness (QED) is 0.708. The van der Waals surface area contributed by atoms with Crippen LogP contribution in [0.5, 0.6) is 0 Å². The fourth-order valence-electron chi connectivity index (χ4n) is 5.54. The summed E-state index contributed by atoms with van der Waals surface area (Å²) in [5.74, 6) is 1.78. The molecule has 2 aromatic rings. The Hall–Kier alpha value is -2.78. The highest BCUT2D eigenvalue weighted by atomic mass is 19.1. The molecule has 3 fully saturated rings. The van der Waals surface area contributed by atoms with Crippen LogP contribution in [0.4, 0.5) is 4.39 Å². The van der Waals surface area contributed by atoms with Crippen LogP contribution in [0.2, 0.25) is 0 Å². The maximum atomic E-state index is 14.1. The third-order valence-corrected chi connectivity index (χ3v) is 7.07. The van der Waals surface area contributed by atoms with Crippen molar-refractivity contribution in [1.29, 1.82) is 0 Å². The summed E-state index contributed by atoms with van der Waals surface area (Å²) in [5.41, 5.74) is 0.918. The maximum absolute atomic E-state index is 14.1. The summed E-state index contributed by atoms with van der Waals surface area (Å²) in [7, 11) is 2.02. The molecule has 1 amide bonds. The molecule has 0 spiro atoms. The largest absolute Gasteiger partial charge is 0.483 e. The second-order valence-electron chi connectivity index (χ2n) is 9.05. The van der Waals surface area contributed by atoms with Gasteiger partial charge in [-0.05, 0) is 36.5 Å². The number of benzene rings is 1. The first kappa shape index (κ1) is 23.4. The van der Waals surface area contributed by atoms with E-state index in [2.05, 4.69) is 19.4 Å². The smallest absolute Gasteiger partial charge is 0.290 e. The standard InChI is InChI=1S/C23H29FN4O2.CH2O2/c1-26-8-7-25-21(26)15-27-12-18-13-28(23(29)16-5-9-30-10-6-16)22(20(18)14-27)17-3-2-4-19(24)11-17;2-1-3/h2-4,7-8,11,16,18,20,22H,5-6,9-10,12-15H2,1H3;1H,(H,2,3)/t18-,20-,22+;/m0./s1. The van der Waals surface area contributed by atoms with Gasteiger partial charge in [0.15, 0.2) is 0 Å². The van der Waals surface area contributed by atoms with Crippen LogP contribution < -0.4 is 0 Å². The Morgan fingerprint density at radius 3 is 2.70 bits per heavy atom. The number of carbonyl (C=O) groups excluding carboxylic acids is 1. The molecule has 0 saturated carbocycles. The second kappa shape index (κ2) is 10.4. The van der Waals surface area contributed by atoms with Crippen molar-refractivity contribution in [3.8, 4) is 0 Å². The van der Waals surface area contributed by atoms with E-state index in [1.807, 2.05) is 25.5 Å². The van der Waals surface area contributed by atoms with Gasteiger partial charge in [-0.15, -0.1) is 0 Å². The predicted octanol–water partition coefficient (Wildman–Crippen LogP) is 2.32. The molecule has 3 saturated heterocycles. The van der Waals surface area contributed by atoms with E-state index in [9.17, 15) is 9.18 Å². The Labute approximate surface area is 193 Å². The van der Waals surface area contributed by atoms with Crippen LogP contribution in [0.25, 0.3) is 0 Å². The van der Waals surface area contributed by atoms with E-state index in [0.717, 1.165) is 50.4 Å². The van der Waals surface area contributed by atoms with Crippen LogP contribution >= 0.6 is 0 Å². The molecular weight excluding hydrogens is 427 g/mol. The number of hydrogen-bond donors (Lipinski definition) is 1. The average Bonchev–Trinajstić information content (AvgIpc) is 3.49. The lowest BCUT2D eigenvalue weighted by Crippen LogP contribution is -2.40. The van der Waals surface area contributed by atoms with E-state index in [1.54, 1.807) is 12.1 Å². The zero-order valence-electron chi connectivity index (χ0n) is 18.8. The van der Waals surface area contributed by atoms with Crippen LogP contribution in [0.1, 0.15) is 30.3 Å². The van der Waals surface area contributed by atoms with E-state index in [-0.39, 0.29) is 30.2 Å². The molecule has 0 bridgehead atoms. The SMILES string of the molecule is Cn1ccnc1CN1C[C@H]2CN(C(=O)C3CCOCC3)[C@H](c3cccc(F)c3)[C@H]2C1.O=CO. The van der Waals surface area contributed by atoms with E-state index in [1.165, 1.54) is 6.07 Å². The highest BCUT2D eigenvalue weighted by Gasteiger charge is 2.50. The van der Waals surface area contributed by atoms with E-state index in [0.29, 0.717) is 25.0 Å². The van der Waals surface area contributed by atoms with Gasteiger partial charge < -0.3 is 19.3 Å². The van der Waals surface area contributed by atoms with Crippen molar-refractivity contribution in [2.75, 3.05) is 32.8 Å². The molecule has 3 aliphatic rings. The molecule has 178 valence electrons. The van der Waals surface area contributed by atoms with E-state index in [4.69, 9.17) is 14.6 Å². The Morgan fingerprint density at radius 2 is 2.03 bits per heavy atom. The molecule has 0 aliphatic carbocycles. The van der Waals surface area contributed by atoms with Crippen molar-refractivity contribution in [2.45, 2.75) is 25.4 Å². The van der Waals surface area contributed by atoms with Crippen molar-refractivity contribution in [1.82, 2.24) is 19.4 Å². The number of rotatable bonds is 4. The summed E-state index contributed by atoms with van der Waals surface area (Å²) in [6, 6.07) is 6.76. The first-order valence-electron chi connectivity index (χ1n) is 11.4. The van der Waals surface area contributed by atoms with Crippen molar-refractivity contribution < 1.29 is 23.8 Å². The molecular formula is C24H31FN4O4. The van der Waals surface area contributed by atoms with Gasteiger partial charge in [0.1, 0.15) is 11.6 Å². The number of amides is 1. The molecule has 0 radical (unpaired) electrons. The number of hydrogen-bond acceptors (Lipinski definition) is 5. The van der Waals surface area contributed by atoms with Crippen molar-refractivity contribution >= 4 is 12.4 Å². The van der Waals surface area contributed by atoms with Gasteiger partial charge in [-0.1, -0.05) is 12.1 Å². The van der Waals surface area contributed by atoms with Crippen LogP contribution in [0.15, 0.2) is 36.7 Å². The number of imidazole rings is 1. The van der Waals surface area contributed by atoms with Gasteiger partial charge >= 0.3 is 0 Å². The molecule has 3 aliphatic heterocycles. The van der Waals surface area contributed by atoms with Crippen molar-refractivity contribution in [3.63, 3.8) is 0 Å². The Morgan fingerprint density at radius 1 is 1.27 bits per heavy atom. The number of ether oxygens (including phenoxy) is 1. The van der Waals surface area contributed by atoms with Gasteiger partial charge in [0.05, 0.1) is 12.6 Å². The van der Waals surface area contributed by atoms with Gasteiger partial charge in [-0.25, -0.2) is 9.37 Å². The number of carbonyl (C=O) groups is 2. The van der Waals surface area contributed by atoms with E-state index >= 15 is 0 Å². The van der Waals surface area contributed by atoms with Crippen LogP contribution in [-0.4, -0.2) is 69.7 Å². The lowest BCUT2D eigenvalue weighted by molar-refractivity contribution is -0.140. The third kappa shape index (κ3) is 5.09. The normalized spacial score (nSPS) is 25.4. The van der Waals surface area contributed by atoms with Gasteiger partial charge in [0.2, 0.25) is 5.91 Å². The summed E-state index contributed by atoms with van der Waals surface area (Å²) < 4.78 is 21.6. The highest BCUT2D eigenvalue weighted by molar-refractivity contribution is 5.80. The summed E-state index contributed by atoms with van der Waals surface area (Å²) in [6.07, 6.45) is 5.36. The minimum absolute atomic E-state index is 0.0253. The summed E-state index contributed by atoms with van der Waals surface area (Å²) in [5, 5.41) is 6.89. The number of nitrogens with zero attached hydrogens (tertiary/aromatic N) is 4. The highest BCUT2D eigenvalue weighted by Crippen LogP contribution is 2.46. The van der Waals surface area contributed by atoms with Crippen LogP contribution in [0, 0.1) is 23.6 Å². The first-order chi connectivity index (χ1) is 16.0. The number of carboxylic acid groups (broad SMARTS) is 1. The third-order valence-electron chi connectivity index (χ3n) is 7.07. The number of halogens is 1. The molecule has 1 aromatic carbocycles. The summed E-state index contributed by atoms with van der Waals surface area (Å²) >= 11 is 0. The van der Waals surface area contributed by atoms with Gasteiger partial charge in [-0.3, -0.25) is 14.5 Å². The summed E-state index contributed by atoms with van der Waals surface area (Å²) in [4.78, 5) is 30.7. The molecule has 1 N–H and O–H groups in total. The van der Waals surface area contributed by atoms with Crippen molar-refractivity contribution in [3.05, 3.63) is 53.9 Å². The zero-order valence-corrected chi connectivity index (χ0v) is 18.8. The van der Waals surface area contributed by atoms with Crippen LogP contribution in [0.3, 0.4) is 0 Å². The molecule has 1 aromatic heterocycles. The van der Waals surface area contributed by atoms with Crippen LogP contribution in [-0.2, 0) is 27.9 Å². The molecule has 9 heteroatoms. The predicted molar refractivity (Wildman–Crippen MR) is 119 cm³/mol. The lowest BCUT2D eigenvalue weighted by Gasteiger charge is -2.33. The number of aryl methyl sites for hydroxylation is 1. The molecule has 8 nitrogen and oxygen atoms in total.